The molecule has 0 aliphatic carbocycles. The average Bonchev–Trinajstić information content (AvgIpc) is 2.11. The Kier molecular flexibility index (Phi) is 6.51. The smallest absolute Gasteiger partial charge is 0.308 e. The second kappa shape index (κ2) is 6.79. The van der Waals surface area contributed by atoms with E-state index >= 15 is 0 Å². The van der Waals surface area contributed by atoms with Gasteiger partial charge in [-0.05, 0) is 12.8 Å². The van der Waals surface area contributed by atoms with E-state index in [-0.39, 0.29) is 12.5 Å². The van der Waals surface area contributed by atoms with Crippen molar-refractivity contribution >= 4 is 16.1 Å². The molecule has 0 aliphatic heterocycles. The molecule has 6 heteroatoms. The number of hydrogen-bond acceptors (Lipinski definition) is 5. The van der Waals surface area contributed by atoms with Crippen LogP contribution in [-0.4, -0.2) is 31.3 Å². The quantitative estimate of drug-likeness (QED) is 0.485. The molecule has 0 aliphatic rings. The van der Waals surface area contributed by atoms with E-state index in [1.807, 2.05) is 13.8 Å². The van der Waals surface area contributed by atoms with Gasteiger partial charge in [-0.15, -0.1) is 0 Å². The molecule has 0 aromatic carbocycles. The Morgan fingerprint density at radius 3 is 2.40 bits per heavy atom. The Morgan fingerprint density at radius 2 is 2.00 bits per heavy atom. The van der Waals surface area contributed by atoms with Crippen molar-refractivity contribution in [1.82, 2.24) is 0 Å². The monoisotopic (exact) mass is 237 g/mol. The van der Waals surface area contributed by atoms with E-state index in [2.05, 4.69) is 0 Å². The van der Waals surface area contributed by atoms with Gasteiger partial charge in [0.2, 0.25) is 0 Å². The highest BCUT2D eigenvalue weighted by atomic mass is 32.2. The first-order valence-corrected chi connectivity index (χ1v) is 6.58. The molecule has 1 atom stereocenters. The summed E-state index contributed by atoms with van der Waals surface area (Å²) in [4.78, 5) is 11.3. The molecular formula is C9H17O5S-. The van der Waals surface area contributed by atoms with Crippen LogP contribution >= 0.6 is 0 Å². The third-order valence-corrected chi connectivity index (χ3v) is 2.71. The molecular weight excluding hydrogens is 220 g/mol. The SMILES string of the molecule is CCCC(CC)C(=O)OCCS(=O)(=O)[O-]. The first-order valence-electron chi connectivity index (χ1n) is 5.00. The fourth-order valence-electron chi connectivity index (χ4n) is 1.20. The van der Waals surface area contributed by atoms with Crippen LogP contribution in [0.15, 0.2) is 0 Å². The summed E-state index contributed by atoms with van der Waals surface area (Å²) in [7, 11) is -4.29. The normalized spacial score (nSPS) is 13.5. The number of rotatable bonds is 7. The number of ether oxygens (including phenoxy) is 1. The van der Waals surface area contributed by atoms with E-state index in [9.17, 15) is 17.8 Å². The zero-order valence-electron chi connectivity index (χ0n) is 9.06. The van der Waals surface area contributed by atoms with Gasteiger partial charge in [0.05, 0.1) is 21.8 Å². The minimum absolute atomic E-state index is 0.190. The molecule has 0 heterocycles. The fraction of sp³-hybridized carbons (Fsp3) is 0.889. The van der Waals surface area contributed by atoms with Crippen molar-refractivity contribution in [2.24, 2.45) is 5.92 Å². The summed E-state index contributed by atoms with van der Waals surface area (Å²) in [5.74, 6) is -1.26. The lowest BCUT2D eigenvalue weighted by atomic mass is 10.0. The standard InChI is InChI=1S/C9H18O5S/c1-3-5-8(4-2)9(10)14-6-7-15(11,12)13/h8H,3-7H2,1-2H3,(H,11,12,13)/p-1. The van der Waals surface area contributed by atoms with Gasteiger partial charge in [-0.25, -0.2) is 8.42 Å². The van der Waals surface area contributed by atoms with Crippen LogP contribution < -0.4 is 0 Å². The Hall–Kier alpha value is -0.620. The summed E-state index contributed by atoms with van der Waals surface area (Å²) >= 11 is 0. The van der Waals surface area contributed by atoms with Crippen LogP contribution in [0.25, 0.3) is 0 Å². The lowest BCUT2D eigenvalue weighted by Crippen LogP contribution is -2.20. The molecule has 15 heavy (non-hydrogen) atoms. The predicted octanol–water partition coefficient (Wildman–Crippen LogP) is 0.901. The maximum Gasteiger partial charge on any atom is 0.308 e. The first kappa shape index (κ1) is 14.4. The largest absolute Gasteiger partial charge is 0.748 e. The van der Waals surface area contributed by atoms with E-state index in [4.69, 9.17) is 4.74 Å². The molecule has 0 aromatic heterocycles. The summed E-state index contributed by atoms with van der Waals surface area (Å²) in [6.45, 7) is 3.48. The average molecular weight is 237 g/mol. The molecule has 0 saturated carbocycles. The molecule has 0 radical (unpaired) electrons. The molecule has 0 spiro atoms. The Morgan fingerprint density at radius 1 is 1.40 bits per heavy atom. The van der Waals surface area contributed by atoms with Gasteiger partial charge in [0.25, 0.3) is 0 Å². The molecule has 0 rings (SSSR count). The number of carbonyl (C=O) groups is 1. The van der Waals surface area contributed by atoms with Gasteiger partial charge in [0.1, 0.15) is 6.61 Å². The van der Waals surface area contributed by atoms with Gasteiger partial charge in [0.15, 0.2) is 0 Å². The second-order valence-corrected chi connectivity index (χ2v) is 4.85. The lowest BCUT2D eigenvalue weighted by molar-refractivity contribution is -0.148. The zero-order chi connectivity index (χ0) is 11.9. The highest BCUT2D eigenvalue weighted by molar-refractivity contribution is 7.85. The summed E-state index contributed by atoms with van der Waals surface area (Å²) in [5, 5.41) is 0. The summed E-state index contributed by atoms with van der Waals surface area (Å²) in [6.07, 6.45) is 2.25. The highest BCUT2D eigenvalue weighted by Gasteiger charge is 2.16. The molecule has 0 bridgehead atoms. The van der Waals surface area contributed by atoms with Crippen LogP contribution in [0.5, 0.6) is 0 Å². The van der Waals surface area contributed by atoms with Crippen LogP contribution in [-0.2, 0) is 19.6 Å². The maximum absolute atomic E-state index is 11.3. The van der Waals surface area contributed by atoms with E-state index in [1.54, 1.807) is 0 Å². The summed E-state index contributed by atoms with van der Waals surface area (Å²) < 4.78 is 35.4. The van der Waals surface area contributed by atoms with Crippen LogP contribution in [0.2, 0.25) is 0 Å². The number of hydrogen-bond donors (Lipinski definition) is 0. The van der Waals surface area contributed by atoms with Crippen LogP contribution in [0.1, 0.15) is 33.1 Å². The fourth-order valence-corrected chi connectivity index (χ4v) is 1.49. The van der Waals surface area contributed by atoms with Gasteiger partial charge in [0, 0.05) is 0 Å². The van der Waals surface area contributed by atoms with E-state index in [0.29, 0.717) is 6.42 Å². The van der Waals surface area contributed by atoms with Crippen molar-refractivity contribution in [1.29, 1.82) is 0 Å². The molecule has 0 N–H and O–H groups in total. The lowest BCUT2D eigenvalue weighted by Gasteiger charge is -2.13. The molecule has 1 unspecified atom stereocenters. The third-order valence-electron chi connectivity index (χ3n) is 2.04. The van der Waals surface area contributed by atoms with Crippen LogP contribution in [0.4, 0.5) is 0 Å². The van der Waals surface area contributed by atoms with Gasteiger partial charge in [-0.1, -0.05) is 20.3 Å². The molecule has 0 aromatic rings. The van der Waals surface area contributed by atoms with Crippen molar-refractivity contribution in [3.63, 3.8) is 0 Å². The number of carbonyl (C=O) groups excluding carboxylic acids is 1. The Balaban J connectivity index is 3.91. The van der Waals surface area contributed by atoms with Gasteiger partial charge < -0.3 is 9.29 Å². The maximum atomic E-state index is 11.3. The minimum Gasteiger partial charge on any atom is -0.748 e. The molecule has 0 saturated heterocycles. The Bertz CT molecular complexity index is 283. The van der Waals surface area contributed by atoms with Crippen LogP contribution in [0, 0.1) is 5.92 Å². The van der Waals surface area contributed by atoms with E-state index < -0.39 is 21.8 Å². The van der Waals surface area contributed by atoms with Crippen molar-refractivity contribution < 1.29 is 22.5 Å². The summed E-state index contributed by atoms with van der Waals surface area (Å²) in [6, 6.07) is 0. The van der Waals surface area contributed by atoms with Crippen molar-refractivity contribution in [2.75, 3.05) is 12.4 Å². The highest BCUT2D eigenvalue weighted by Crippen LogP contribution is 2.12. The van der Waals surface area contributed by atoms with Crippen molar-refractivity contribution in [2.45, 2.75) is 33.1 Å². The Labute approximate surface area is 90.6 Å². The van der Waals surface area contributed by atoms with Crippen molar-refractivity contribution in [3.05, 3.63) is 0 Å². The predicted molar refractivity (Wildman–Crippen MR) is 54.2 cm³/mol. The topological polar surface area (TPSA) is 83.5 Å². The van der Waals surface area contributed by atoms with E-state index in [0.717, 1.165) is 12.8 Å². The van der Waals surface area contributed by atoms with Gasteiger partial charge in [-0.3, -0.25) is 4.79 Å². The first-order chi connectivity index (χ1) is 6.90. The molecule has 0 fully saturated rings. The molecule has 0 amide bonds. The minimum atomic E-state index is -4.29. The van der Waals surface area contributed by atoms with Crippen LogP contribution in [0.3, 0.4) is 0 Å². The number of esters is 1. The zero-order valence-corrected chi connectivity index (χ0v) is 9.88. The van der Waals surface area contributed by atoms with E-state index in [1.165, 1.54) is 0 Å². The summed E-state index contributed by atoms with van der Waals surface area (Å²) in [5.41, 5.74) is 0. The molecule has 5 nitrogen and oxygen atoms in total. The van der Waals surface area contributed by atoms with Gasteiger partial charge in [-0.2, -0.15) is 0 Å². The van der Waals surface area contributed by atoms with Crippen molar-refractivity contribution in [3.8, 4) is 0 Å². The second-order valence-electron chi connectivity index (χ2n) is 3.32. The van der Waals surface area contributed by atoms with Gasteiger partial charge >= 0.3 is 5.97 Å². The molecule has 90 valence electrons. The third kappa shape index (κ3) is 7.33.